The van der Waals surface area contributed by atoms with Crippen LogP contribution in [-0.2, 0) is 16.1 Å². The molecule has 1 N–H and O–H groups in total. The van der Waals surface area contributed by atoms with Crippen molar-refractivity contribution < 1.29 is 18.7 Å². The summed E-state index contributed by atoms with van der Waals surface area (Å²) in [6.45, 7) is 4.12. The van der Waals surface area contributed by atoms with Crippen LogP contribution in [0.4, 0.5) is 0 Å². The Labute approximate surface area is 118 Å². The Kier molecular flexibility index (Phi) is 4.79. The number of furan rings is 1. The third-order valence-corrected chi connectivity index (χ3v) is 3.41. The van der Waals surface area contributed by atoms with Crippen LogP contribution in [0.2, 0.25) is 0 Å². The first-order valence-electron chi connectivity index (χ1n) is 6.78. The van der Waals surface area contributed by atoms with Crippen molar-refractivity contribution in [3.05, 3.63) is 23.2 Å². The third kappa shape index (κ3) is 3.39. The molecule has 1 fully saturated rings. The van der Waals surface area contributed by atoms with Crippen molar-refractivity contribution in [3.8, 4) is 0 Å². The van der Waals surface area contributed by atoms with E-state index in [1.54, 1.807) is 13.0 Å². The monoisotopic (exact) mass is 280 g/mol. The van der Waals surface area contributed by atoms with Crippen LogP contribution in [0.5, 0.6) is 0 Å². The van der Waals surface area contributed by atoms with Crippen LogP contribution >= 0.6 is 0 Å². The molecule has 1 aliphatic heterocycles. The predicted molar refractivity (Wildman–Crippen MR) is 72.3 cm³/mol. The topological polar surface area (TPSA) is 71.8 Å². The van der Waals surface area contributed by atoms with Crippen molar-refractivity contribution in [1.29, 1.82) is 0 Å². The molecule has 1 aromatic heterocycles. The molecular formula is C14H20N2O4. The fourth-order valence-electron chi connectivity index (χ4n) is 2.31. The second kappa shape index (κ2) is 6.56. The molecule has 20 heavy (non-hydrogen) atoms. The van der Waals surface area contributed by atoms with Crippen molar-refractivity contribution >= 4 is 11.9 Å². The zero-order valence-corrected chi connectivity index (χ0v) is 11.9. The molecule has 0 unspecified atom stereocenters. The summed E-state index contributed by atoms with van der Waals surface area (Å²) >= 11 is 0. The number of nitrogens with one attached hydrogen (secondary N) is 1. The van der Waals surface area contributed by atoms with Gasteiger partial charge in [-0.2, -0.15) is 0 Å². The number of aryl methyl sites for hydroxylation is 1. The molecular weight excluding hydrogens is 260 g/mol. The lowest BCUT2D eigenvalue weighted by atomic mass is 10.2. The SMILES string of the molecule is COC(=O)c1cc(CNCC(=O)N2CCCC2)oc1C. The molecule has 6 heteroatoms. The normalized spacial score (nSPS) is 14.6. The number of rotatable bonds is 5. The average Bonchev–Trinajstić information content (AvgIpc) is 3.07. The molecule has 0 atom stereocenters. The number of hydrogen-bond acceptors (Lipinski definition) is 5. The lowest BCUT2D eigenvalue weighted by Crippen LogP contribution is -2.35. The van der Waals surface area contributed by atoms with E-state index < -0.39 is 5.97 Å². The van der Waals surface area contributed by atoms with Crippen LogP contribution < -0.4 is 5.32 Å². The van der Waals surface area contributed by atoms with Gasteiger partial charge in [-0.15, -0.1) is 0 Å². The lowest BCUT2D eigenvalue weighted by Gasteiger charge is -2.14. The maximum atomic E-state index is 11.8. The Morgan fingerprint density at radius 2 is 2.10 bits per heavy atom. The molecule has 2 rings (SSSR count). The summed E-state index contributed by atoms with van der Waals surface area (Å²) in [5.41, 5.74) is 0.426. The van der Waals surface area contributed by atoms with E-state index in [0.717, 1.165) is 25.9 Å². The van der Waals surface area contributed by atoms with Crippen molar-refractivity contribution in [2.75, 3.05) is 26.7 Å². The molecule has 0 aliphatic carbocycles. The van der Waals surface area contributed by atoms with E-state index in [1.165, 1.54) is 7.11 Å². The summed E-state index contributed by atoms with van der Waals surface area (Å²) in [5, 5.41) is 3.04. The molecule has 6 nitrogen and oxygen atoms in total. The second-order valence-corrected chi connectivity index (χ2v) is 4.87. The summed E-state index contributed by atoms with van der Waals surface area (Å²) in [5.74, 6) is 0.848. The second-order valence-electron chi connectivity index (χ2n) is 4.87. The lowest BCUT2D eigenvalue weighted by molar-refractivity contribution is -0.129. The molecule has 0 saturated carbocycles. The van der Waals surface area contributed by atoms with E-state index in [2.05, 4.69) is 10.1 Å². The summed E-state index contributed by atoms with van der Waals surface area (Å²) in [6.07, 6.45) is 2.18. The minimum atomic E-state index is -0.411. The fourth-order valence-corrected chi connectivity index (χ4v) is 2.31. The standard InChI is InChI=1S/C14H20N2O4/c1-10-12(14(18)19-2)7-11(20-10)8-15-9-13(17)16-5-3-4-6-16/h7,15H,3-6,8-9H2,1-2H3. The first-order chi connectivity index (χ1) is 9.61. The van der Waals surface area contributed by atoms with Crippen LogP contribution in [0, 0.1) is 6.92 Å². The minimum absolute atomic E-state index is 0.110. The van der Waals surface area contributed by atoms with E-state index in [-0.39, 0.29) is 12.5 Å². The number of esters is 1. The number of hydrogen-bond donors (Lipinski definition) is 1. The molecule has 1 amide bonds. The van der Waals surface area contributed by atoms with Crippen molar-refractivity contribution in [1.82, 2.24) is 10.2 Å². The maximum absolute atomic E-state index is 11.8. The maximum Gasteiger partial charge on any atom is 0.341 e. The largest absolute Gasteiger partial charge is 0.465 e. The average molecular weight is 280 g/mol. The number of carbonyl (C=O) groups excluding carboxylic acids is 2. The van der Waals surface area contributed by atoms with E-state index in [9.17, 15) is 9.59 Å². The highest BCUT2D eigenvalue weighted by Gasteiger charge is 2.18. The predicted octanol–water partition coefficient (Wildman–Crippen LogP) is 1.09. The highest BCUT2D eigenvalue weighted by atomic mass is 16.5. The number of carbonyl (C=O) groups is 2. The highest BCUT2D eigenvalue weighted by Crippen LogP contribution is 2.15. The Balaban J connectivity index is 1.82. The van der Waals surface area contributed by atoms with Gasteiger partial charge in [0.25, 0.3) is 0 Å². The van der Waals surface area contributed by atoms with E-state index in [1.807, 2.05) is 4.90 Å². The van der Waals surface area contributed by atoms with E-state index >= 15 is 0 Å². The van der Waals surface area contributed by atoms with Crippen LogP contribution in [0.15, 0.2) is 10.5 Å². The first-order valence-corrected chi connectivity index (χ1v) is 6.78. The van der Waals surface area contributed by atoms with Gasteiger partial charge in [0.15, 0.2) is 0 Å². The molecule has 1 aliphatic rings. The highest BCUT2D eigenvalue weighted by molar-refractivity contribution is 5.90. The fraction of sp³-hybridized carbons (Fsp3) is 0.571. The first kappa shape index (κ1) is 14.6. The van der Waals surface area contributed by atoms with Crippen molar-refractivity contribution in [2.24, 2.45) is 0 Å². The van der Waals surface area contributed by atoms with E-state index in [4.69, 9.17) is 4.42 Å². The van der Waals surface area contributed by atoms with Gasteiger partial charge in [0.1, 0.15) is 17.1 Å². The van der Waals surface area contributed by atoms with Gasteiger partial charge < -0.3 is 19.4 Å². The third-order valence-electron chi connectivity index (χ3n) is 3.41. The van der Waals surface area contributed by atoms with Crippen LogP contribution in [0.3, 0.4) is 0 Å². The Bertz CT molecular complexity index is 489. The summed E-state index contributed by atoms with van der Waals surface area (Å²) < 4.78 is 10.1. The molecule has 1 saturated heterocycles. The van der Waals surface area contributed by atoms with Gasteiger partial charge in [0, 0.05) is 13.1 Å². The van der Waals surface area contributed by atoms with Crippen molar-refractivity contribution in [3.63, 3.8) is 0 Å². The van der Waals surface area contributed by atoms with Crippen LogP contribution in [0.1, 0.15) is 34.7 Å². The Morgan fingerprint density at radius 3 is 2.75 bits per heavy atom. The zero-order valence-electron chi connectivity index (χ0n) is 11.9. The summed E-state index contributed by atoms with van der Waals surface area (Å²) in [7, 11) is 1.33. The van der Waals surface area contributed by atoms with Gasteiger partial charge in [0.2, 0.25) is 5.91 Å². The Hall–Kier alpha value is -1.82. The molecule has 1 aromatic rings. The molecule has 0 spiro atoms. The van der Waals surface area contributed by atoms with Crippen LogP contribution in [-0.4, -0.2) is 43.5 Å². The number of amides is 1. The van der Waals surface area contributed by atoms with Gasteiger partial charge in [-0.1, -0.05) is 0 Å². The van der Waals surface area contributed by atoms with Crippen molar-refractivity contribution in [2.45, 2.75) is 26.3 Å². The summed E-state index contributed by atoms with van der Waals surface area (Å²) in [6, 6.07) is 1.65. The Morgan fingerprint density at radius 1 is 1.40 bits per heavy atom. The molecule has 2 heterocycles. The summed E-state index contributed by atoms with van der Waals surface area (Å²) in [4.78, 5) is 25.1. The quantitative estimate of drug-likeness (QED) is 0.817. The molecule has 0 bridgehead atoms. The number of methoxy groups -OCH3 is 1. The van der Waals surface area contributed by atoms with Gasteiger partial charge in [0.05, 0.1) is 20.2 Å². The molecule has 110 valence electrons. The number of nitrogens with zero attached hydrogens (tertiary/aromatic N) is 1. The van der Waals surface area contributed by atoms with Gasteiger partial charge in [-0.05, 0) is 25.8 Å². The smallest absolute Gasteiger partial charge is 0.341 e. The molecule has 0 aromatic carbocycles. The molecule has 0 radical (unpaired) electrons. The van der Waals surface area contributed by atoms with Gasteiger partial charge >= 0.3 is 5.97 Å². The van der Waals surface area contributed by atoms with Gasteiger partial charge in [-0.25, -0.2) is 4.79 Å². The number of ether oxygens (including phenoxy) is 1. The van der Waals surface area contributed by atoms with Gasteiger partial charge in [-0.3, -0.25) is 4.79 Å². The number of likely N-dealkylation sites (tertiary alicyclic amines) is 1. The van der Waals surface area contributed by atoms with Crippen LogP contribution in [0.25, 0.3) is 0 Å². The minimum Gasteiger partial charge on any atom is -0.465 e. The zero-order chi connectivity index (χ0) is 14.5. The van der Waals surface area contributed by atoms with E-state index in [0.29, 0.717) is 23.6 Å².